The van der Waals surface area contributed by atoms with E-state index in [2.05, 4.69) is 15.0 Å². The molecule has 12 heavy (non-hydrogen) atoms. The average molecular weight is 338 g/mol. The van der Waals surface area contributed by atoms with Crippen LogP contribution < -0.4 is 0 Å². The standard InChI is InChI=1S/C5H3Cl3IN3/c1-2-10-3(5(6,7)8)12-4(9)11-2/h1H3. The molecule has 0 bridgehead atoms. The first-order valence-corrected chi connectivity index (χ1v) is 5.06. The van der Waals surface area contributed by atoms with Crippen LogP contribution in [0, 0.1) is 10.8 Å². The third-order valence-corrected chi connectivity index (χ3v) is 1.96. The smallest absolute Gasteiger partial charge is 0.214 e. The van der Waals surface area contributed by atoms with Crippen molar-refractivity contribution in [2.75, 3.05) is 0 Å². The highest BCUT2D eigenvalue weighted by molar-refractivity contribution is 14.1. The third-order valence-electron chi connectivity index (χ3n) is 0.973. The lowest BCUT2D eigenvalue weighted by Gasteiger charge is -2.08. The lowest BCUT2D eigenvalue weighted by atomic mass is 10.6. The maximum atomic E-state index is 5.58. The molecule has 3 nitrogen and oxygen atoms in total. The summed E-state index contributed by atoms with van der Waals surface area (Å²) < 4.78 is -1.06. The molecule has 0 aliphatic heterocycles. The molecule has 1 aromatic heterocycles. The van der Waals surface area contributed by atoms with Gasteiger partial charge in [0, 0.05) is 22.6 Å². The Morgan fingerprint density at radius 2 is 1.75 bits per heavy atom. The number of hydrogen-bond acceptors (Lipinski definition) is 3. The molecule has 0 spiro atoms. The summed E-state index contributed by atoms with van der Waals surface area (Å²) in [5.41, 5.74) is 0. The van der Waals surface area contributed by atoms with Crippen molar-refractivity contribution >= 4 is 57.4 Å². The van der Waals surface area contributed by atoms with Crippen LogP contribution >= 0.6 is 57.4 Å². The molecule has 7 heteroatoms. The molecule has 66 valence electrons. The molecular weight excluding hydrogens is 335 g/mol. The maximum Gasteiger partial charge on any atom is 0.250 e. The monoisotopic (exact) mass is 337 g/mol. The van der Waals surface area contributed by atoms with Crippen molar-refractivity contribution in [3.05, 3.63) is 15.5 Å². The minimum atomic E-state index is -1.58. The quantitative estimate of drug-likeness (QED) is 0.539. The van der Waals surface area contributed by atoms with Gasteiger partial charge in [0.15, 0.2) is 9.66 Å². The van der Waals surface area contributed by atoms with Gasteiger partial charge in [-0.25, -0.2) is 15.0 Å². The molecule has 1 rings (SSSR count). The Labute approximate surface area is 98.0 Å². The van der Waals surface area contributed by atoms with Gasteiger partial charge < -0.3 is 0 Å². The number of hydrogen-bond donors (Lipinski definition) is 0. The first-order chi connectivity index (χ1) is 5.39. The molecule has 0 aliphatic rings. The predicted molar refractivity (Wildman–Crippen MR) is 56.5 cm³/mol. The fraction of sp³-hybridized carbons (Fsp3) is 0.400. The van der Waals surface area contributed by atoms with E-state index in [1.165, 1.54) is 0 Å². The lowest BCUT2D eigenvalue weighted by molar-refractivity contribution is 0.853. The number of nitrogens with zero attached hydrogens (tertiary/aromatic N) is 3. The summed E-state index contributed by atoms with van der Waals surface area (Å²) in [5, 5.41) is 0. The second-order valence-electron chi connectivity index (χ2n) is 1.97. The molecule has 0 aliphatic carbocycles. The molecule has 0 saturated carbocycles. The SMILES string of the molecule is Cc1nc(I)nc(C(Cl)(Cl)Cl)n1. The molecule has 0 fully saturated rings. The lowest BCUT2D eigenvalue weighted by Crippen LogP contribution is -2.10. The zero-order valence-corrected chi connectivity index (χ0v) is 10.3. The fourth-order valence-corrected chi connectivity index (χ4v) is 1.41. The van der Waals surface area contributed by atoms with Crippen molar-refractivity contribution in [3.8, 4) is 0 Å². The second-order valence-corrected chi connectivity index (χ2v) is 5.22. The summed E-state index contributed by atoms with van der Waals surface area (Å²) in [6, 6.07) is 0. The van der Waals surface area contributed by atoms with E-state index >= 15 is 0 Å². The average Bonchev–Trinajstić information content (AvgIpc) is 1.82. The van der Waals surface area contributed by atoms with Gasteiger partial charge in [0.1, 0.15) is 5.82 Å². The largest absolute Gasteiger partial charge is 0.250 e. The van der Waals surface area contributed by atoms with Gasteiger partial charge in [-0.1, -0.05) is 34.8 Å². The van der Waals surface area contributed by atoms with Crippen LogP contribution in [0.3, 0.4) is 0 Å². The van der Waals surface area contributed by atoms with Gasteiger partial charge in [-0.15, -0.1) is 0 Å². The molecular formula is C5H3Cl3IN3. The van der Waals surface area contributed by atoms with E-state index in [1.54, 1.807) is 6.92 Å². The van der Waals surface area contributed by atoms with Crippen molar-refractivity contribution in [1.82, 2.24) is 15.0 Å². The van der Waals surface area contributed by atoms with Crippen LogP contribution in [0.25, 0.3) is 0 Å². The fourth-order valence-electron chi connectivity index (χ4n) is 0.576. The third kappa shape index (κ3) is 2.83. The van der Waals surface area contributed by atoms with Crippen molar-refractivity contribution in [3.63, 3.8) is 0 Å². The van der Waals surface area contributed by atoms with Gasteiger partial charge in [0.05, 0.1) is 0 Å². The van der Waals surface area contributed by atoms with Crippen molar-refractivity contribution < 1.29 is 0 Å². The Morgan fingerprint density at radius 3 is 2.17 bits per heavy atom. The predicted octanol–water partition coefficient (Wildman–Crippen LogP) is 2.61. The molecule has 0 amide bonds. The molecule has 1 aromatic rings. The van der Waals surface area contributed by atoms with Crippen molar-refractivity contribution in [2.45, 2.75) is 10.7 Å². The zero-order chi connectivity index (χ0) is 9.35. The summed E-state index contributed by atoms with van der Waals surface area (Å²) in [6.07, 6.45) is 0. The number of aromatic nitrogens is 3. The molecule has 0 N–H and O–H groups in total. The van der Waals surface area contributed by atoms with Crippen LogP contribution in [0.1, 0.15) is 11.6 Å². The highest BCUT2D eigenvalue weighted by atomic mass is 127. The summed E-state index contributed by atoms with van der Waals surface area (Å²) in [4.78, 5) is 11.7. The Morgan fingerprint density at radius 1 is 1.17 bits per heavy atom. The van der Waals surface area contributed by atoms with E-state index < -0.39 is 3.79 Å². The summed E-state index contributed by atoms with van der Waals surface area (Å²) in [7, 11) is 0. The van der Waals surface area contributed by atoms with Gasteiger partial charge in [-0.2, -0.15) is 0 Å². The summed E-state index contributed by atoms with van der Waals surface area (Å²) in [5.74, 6) is 0.695. The highest BCUT2D eigenvalue weighted by Gasteiger charge is 2.27. The van der Waals surface area contributed by atoms with Crippen molar-refractivity contribution in [2.24, 2.45) is 0 Å². The van der Waals surface area contributed by atoms with E-state index in [0.29, 0.717) is 9.66 Å². The van der Waals surface area contributed by atoms with Crippen LogP contribution in [-0.4, -0.2) is 15.0 Å². The van der Waals surface area contributed by atoms with Crippen LogP contribution in [0.5, 0.6) is 0 Å². The molecule has 0 aromatic carbocycles. The van der Waals surface area contributed by atoms with E-state index in [1.807, 2.05) is 22.6 Å². The second kappa shape index (κ2) is 3.77. The Kier molecular flexibility index (Phi) is 3.36. The van der Waals surface area contributed by atoms with E-state index in [0.717, 1.165) is 0 Å². The van der Waals surface area contributed by atoms with Gasteiger partial charge in [-0.3, -0.25) is 0 Å². The molecule has 0 unspecified atom stereocenters. The van der Waals surface area contributed by atoms with Crippen LogP contribution in [0.4, 0.5) is 0 Å². The number of aryl methyl sites for hydroxylation is 1. The number of rotatable bonds is 0. The summed E-state index contributed by atoms with van der Waals surface area (Å²) in [6.45, 7) is 1.71. The van der Waals surface area contributed by atoms with Gasteiger partial charge in [-0.05, 0) is 6.92 Å². The Hall–Kier alpha value is 0.610. The van der Waals surface area contributed by atoms with E-state index in [-0.39, 0.29) is 5.82 Å². The minimum absolute atomic E-state index is 0.157. The zero-order valence-electron chi connectivity index (χ0n) is 5.85. The highest BCUT2D eigenvalue weighted by Crippen LogP contribution is 2.35. The van der Waals surface area contributed by atoms with Crippen LogP contribution in [0.2, 0.25) is 0 Å². The molecule has 0 atom stereocenters. The number of alkyl halides is 3. The molecule has 0 saturated heterocycles. The van der Waals surface area contributed by atoms with Crippen LogP contribution in [0.15, 0.2) is 0 Å². The first-order valence-electron chi connectivity index (χ1n) is 2.85. The van der Waals surface area contributed by atoms with E-state index in [4.69, 9.17) is 34.8 Å². The van der Waals surface area contributed by atoms with Crippen LogP contribution in [-0.2, 0) is 3.79 Å². The van der Waals surface area contributed by atoms with Gasteiger partial charge in [0.2, 0.25) is 3.79 Å². The van der Waals surface area contributed by atoms with Gasteiger partial charge >= 0.3 is 0 Å². The van der Waals surface area contributed by atoms with E-state index in [9.17, 15) is 0 Å². The molecule has 0 radical (unpaired) electrons. The maximum absolute atomic E-state index is 5.58. The van der Waals surface area contributed by atoms with Crippen molar-refractivity contribution in [1.29, 1.82) is 0 Å². The first kappa shape index (κ1) is 10.7. The van der Waals surface area contributed by atoms with Gasteiger partial charge in [0.25, 0.3) is 0 Å². The topological polar surface area (TPSA) is 38.7 Å². The Balaban J connectivity index is 3.18. The minimum Gasteiger partial charge on any atom is -0.214 e. The normalized spacial score (nSPS) is 11.8. The number of halogens is 4. The summed E-state index contributed by atoms with van der Waals surface area (Å²) >= 11 is 18.7. The Bertz CT molecular complexity index is 278. The molecule has 1 heterocycles.